The van der Waals surface area contributed by atoms with Gasteiger partial charge in [0, 0.05) is 17.2 Å². The van der Waals surface area contributed by atoms with Crippen molar-refractivity contribution in [2.75, 3.05) is 13.7 Å². The third kappa shape index (κ3) is 9.55. The molecule has 0 amide bonds. The number of carbonyl (C=O) groups is 2. The average Bonchev–Trinajstić information content (AvgIpc) is 3.97. The van der Waals surface area contributed by atoms with Gasteiger partial charge in [-0.25, -0.2) is 0 Å². The van der Waals surface area contributed by atoms with Crippen LogP contribution in [0.25, 0.3) is 16.2 Å². The molecule has 0 radical (unpaired) electrons. The van der Waals surface area contributed by atoms with Gasteiger partial charge in [-0.3, -0.25) is 9.59 Å². The molecule has 3 saturated heterocycles. The molecule has 8 rings (SSSR count). The fourth-order valence-corrected chi connectivity index (χ4v) is 12.0. The number of nitrogens with one attached hydrogen (secondary N) is 2. The third-order valence-corrected chi connectivity index (χ3v) is 16.3. The van der Waals surface area contributed by atoms with Gasteiger partial charge in [0.2, 0.25) is 0 Å². The van der Waals surface area contributed by atoms with Gasteiger partial charge in [0.25, 0.3) is 0 Å². The van der Waals surface area contributed by atoms with Gasteiger partial charge in [-0.05, 0) is 107 Å². The minimum Gasteiger partial charge on any atom is -0.664 e. The summed E-state index contributed by atoms with van der Waals surface area (Å²) in [7, 11) is 1.32. The normalized spacial score (nSPS) is 33.0. The number of fused-ring (bicyclic) bond motifs is 5. The number of hydroxylamine groups is 2. The molecule has 8 bridgehead atoms. The Morgan fingerprint density at radius 1 is 1.06 bits per heavy atom. The molecule has 3 N–H and O–H groups in total. The van der Waals surface area contributed by atoms with Gasteiger partial charge in [-0.1, -0.05) is 133 Å². The zero-order valence-corrected chi connectivity index (χ0v) is 43.9. The first-order valence-corrected chi connectivity index (χ1v) is 25.3. The van der Waals surface area contributed by atoms with E-state index in [4.69, 9.17) is 29.9 Å². The Bertz CT molecular complexity index is 2300. The maximum atomic E-state index is 14.6. The molecule has 1 aromatic rings. The van der Waals surface area contributed by atoms with Gasteiger partial charge in [-0.15, -0.1) is 27.0 Å². The summed E-state index contributed by atoms with van der Waals surface area (Å²) in [5.74, 6) is -0.208. The number of esters is 1. The molecule has 3 unspecified atom stereocenters. The SMILES string of the molecule is C=CC1=C2/C=C3\[N-][C@@]4(N[C@@H]4c4[n-]c5c(c4C)C(=O)[C@H](C(=O)OC)/C5=C4/[N-]/C(=C\[C@@]5(O[NH+]25)C1C)[C@@H](C)[C@@H]4CCC(O)OC/C=C(\C)CCC[C@H](C)CCC[C@H](C)CCCC(C)C)C(CC)=C3C.[Mg+2]. The molecule has 7 aliphatic rings. The molecular formula is C55H77MgN5O6. The van der Waals surface area contributed by atoms with Crippen molar-refractivity contribution in [2.45, 2.75) is 170 Å². The van der Waals surface area contributed by atoms with E-state index >= 15 is 0 Å². The Morgan fingerprint density at radius 2 is 1.75 bits per heavy atom. The standard InChI is InChI=1S/C55H77N5O6.Mg/c1-13-38-37(11)54-29-42-34(8)39(24-25-44(61)65-27-26-33(7)23-17-22-32(6)21-16-20-31(5)19-15-18-30(3)4)49(56-42)46-47(53(63)64-12)51(62)45-36(10)48(57-50(45)46)52-55(59-52)40(14-2)35(9)41(58-55)28-43(38)60(54)66-54;/h13,26,28-32,34,37,39,44,47,52,59,61H,1,14-25,27H2,2-12H3,(H-,56,57,62);/q-2;+2/b33-26+,41-28-,42-29-;/t31-,32-,34+,37?,39+,44?,47-,52-,54-,55-,60?;/m1./s1. The van der Waals surface area contributed by atoms with Crippen molar-refractivity contribution >= 4 is 40.4 Å². The summed E-state index contributed by atoms with van der Waals surface area (Å²) in [5.41, 5.74) is 9.66. The fourth-order valence-electron chi connectivity index (χ4n) is 12.0. The van der Waals surface area contributed by atoms with Crippen molar-refractivity contribution in [3.8, 4) is 0 Å². The van der Waals surface area contributed by atoms with Crippen LogP contribution in [0, 0.1) is 48.3 Å². The minimum absolute atomic E-state index is 0. The number of rotatable bonds is 21. The Hall–Kier alpha value is -3.23. The number of methoxy groups -OCH3 is 1. The van der Waals surface area contributed by atoms with Gasteiger partial charge in [-0.2, -0.15) is 11.4 Å². The Balaban J connectivity index is 0.00000666. The van der Waals surface area contributed by atoms with Crippen molar-refractivity contribution in [1.29, 1.82) is 0 Å². The number of quaternary nitrogens is 1. The largest absolute Gasteiger partial charge is 2.00 e. The number of aromatic nitrogens is 1. The van der Waals surface area contributed by atoms with E-state index in [2.05, 4.69) is 92.4 Å². The molecule has 11 atom stereocenters. The van der Waals surface area contributed by atoms with E-state index in [0.29, 0.717) is 42.0 Å². The van der Waals surface area contributed by atoms with E-state index in [1.807, 2.05) is 13.0 Å². The second kappa shape index (κ2) is 20.6. The summed E-state index contributed by atoms with van der Waals surface area (Å²) in [6, 6.07) is -0.242. The van der Waals surface area contributed by atoms with Crippen LogP contribution in [0.2, 0.25) is 0 Å². The van der Waals surface area contributed by atoms with E-state index in [-0.39, 0.29) is 52.6 Å². The van der Waals surface area contributed by atoms with Crippen molar-refractivity contribution in [3.05, 3.63) is 109 Å². The Kier molecular flexibility index (Phi) is 15.9. The number of ketones is 1. The summed E-state index contributed by atoms with van der Waals surface area (Å²) < 4.78 is 11.3. The van der Waals surface area contributed by atoms with Crippen LogP contribution < -0.4 is 15.4 Å². The van der Waals surface area contributed by atoms with Gasteiger partial charge in [0.05, 0.1) is 19.6 Å². The molecule has 1 spiro atoms. The summed E-state index contributed by atoms with van der Waals surface area (Å²) in [6.45, 7) is 26.7. The van der Waals surface area contributed by atoms with Crippen LogP contribution in [-0.4, -0.2) is 71.3 Å². The molecule has 12 heteroatoms. The molecule has 6 aliphatic heterocycles. The van der Waals surface area contributed by atoms with E-state index in [1.165, 1.54) is 63.2 Å². The van der Waals surface area contributed by atoms with Crippen molar-refractivity contribution < 1.29 is 34.1 Å². The number of allylic oxidation sites excluding steroid dienone is 6. The number of aliphatic hydroxyl groups excluding tert-OH is 1. The number of Topliss-reactive ketones (excluding diaryl/α,β-unsaturated/α-hetero) is 1. The van der Waals surface area contributed by atoms with Crippen LogP contribution in [0.15, 0.2) is 76.0 Å². The second-order valence-corrected chi connectivity index (χ2v) is 21.3. The minimum atomic E-state index is -1.19. The zero-order valence-electron chi connectivity index (χ0n) is 42.4. The van der Waals surface area contributed by atoms with Crippen LogP contribution in [0.1, 0.15) is 173 Å². The first kappa shape index (κ1) is 51.6. The van der Waals surface area contributed by atoms with Crippen LogP contribution in [0.5, 0.6) is 0 Å². The Morgan fingerprint density at radius 3 is 2.40 bits per heavy atom. The maximum absolute atomic E-state index is 14.6. The summed E-state index contributed by atoms with van der Waals surface area (Å²) in [4.78, 5) is 40.1. The van der Waals surface area contributed by atoms with Crippen LogP contribution in [-0.2, 0) is 19.1 Å². The van der Waals surface area contributed by atoms with Gasteiger partial charge in [0.15, 0.2) is 17.8 Å². The quantitative estimate of drug-likeness (QED) is 0.0275. The first-order valence-electron chi connectivity index (χ1n) is 25.3. The van der Waals surface area contributed by atoms with Gasteiger partial charge < -0.3 is 35.5 Å². The van der Waals surface area contributed by atoms with Crippen molar-refractivity contribution in [3.63, 3.8) is 0 Å². The van der Waals surface area contributed by atoms with Crippen LogP contribution in [0.4, 0.5) is 0 Å². The predicted octanol–water partition coefficient (Wildman–Crippen LogP) is 10.3. The molecule has 67 heavy (non-hydrogen) atoms. The zero-order chi connectivity index (χ0) is 47.4. The van der Waals surface area contributed by atoms with Crippen LogP contribution in [0.3, 0.4) is 0 Å². The molecule has 3 fully saturated rings. The number of nitrogens with zero attached hydrogens (tertiary/aromatic N) is 3. The number of hydrogen-bond acceptors (Lipinski definition) is 7. The number of ether oxygens (including phenoxy) is 2. The van der Waals surface area contributed by atoms with Crippen molar-refractivity contribution in [2.24, 2.45) is 41.4 Å². The van der Waals surface area contributed by atoms with Gasteiger partial charge in [0.1, 0.15) is 5.92 Å². The molecule has 7 heterocycles. The Labute approximate surface area is 416 Å². The molecule has 1 aliphatic carbocycles. The molecular weight excluding hydrogens is 851 g/mol. The van der Waals surface area contributed by atoms with E-state index in [1.54, 1.807) is 0 Å². The predicted molar refractivity (Wildman–Crippen MR) is 265 cm³/mol. The van der Waals surface area contributed by atoms with E-state index < -0.39 is 29.6 Å². The monoisotopic (exact) mass is 928 g/mol. The topological polar surface area (TPSA) is 154 Å². The van der Waals surface area contributed by atoms with E-state index in [9.17, 15) is 14.7 Å². The number of aliphatic hydroxyl groups is 1. The summed E-state index contributed by atoms with van der Waals surface area (Å²) in [6.07, 6.45) is 20.4. The molecule has 360 valence electrons. The molecule has 11 nitrogen and oxygen atoms in total. The van der Waals surface area contributed by atoms with Crippen LogP contribution >= 0.6 is 0 Å². The molecule has 1 aromatic heterocycles. The number of carbonyl (C=O) groups excluding carboxylic acids is 2. The average molecular weight is 929 g/mol. The maximum Gasteiger partial charge on any atom is 2.00 e. The van der Waals surface area contributed by atoms with E-state index in [0.717, 1.165) is 81.6 Å². The van der Waals surface area contributed by atoms with Gasteiger partial charge >= 0.3 is 34.7 Å². The van der Waals surface area contributed by atoms with Crippen molar-refractivity contribution in [1.82, 2.24) is 10.3 Å². The first-order chi connectivity index (χ1) is 31.5. The fraction of sp³-hybridized carbons (Fsp3) is 0.636. The number of hydrogen-bond donors (Lipinski definition) is 3. The molecule has 0 saturated carbocycles. The molecule has 0 aromatic carbocycles. The smallest absolute Gasteiger partial charge is 0.664 e. The third-order valence-electron chi connectivity index (χ3n) is 16.3. The summed E-state index contributed by atoms with van der Waals surface area (Å²) >= 11 is 0. The second-order valence-electron chi connectivity index (χ2n) is 21.3. The summed E-state index contributed by atoms with van der Waals surface area (Å²) in [5, 5.41) is 26.6.